The summed E-state index contributed by atoms with van der Waals surface area (Å²) in [5, 5.41) is 3.80. The Hall–Kier alpha value is -2.81. The summed E-state index contributed by atoms with van der Waals surface area (Å²) in [6.45, 7) is 3.89. The fraction of sp³-hybridized carbons (Fsp3) is 0.571. The van der Waals surface area contributed by atoms with Gasteiger partial charge in [0, 0.05) is 30.7 Å². The van der Waals surface area contributed by atoms with Crippen LogP contribution in [0.1, 0.15) is 76.8 Å². The second-order valence-corrected chi connectivity index (χ2v) is 10.9. The van der Waals surface area contributed by atoms with E-state index in [0.717, 1.165) is 61.4 Å². The lowest BCUT2D eigenvalue weighted by molar-refractivity contribution is -0.143. The van der Waals surface area contributed by atoms with E-state index in [-0.39, 0.29) is 6.04 Å². The Morgan fingerprint density at radius 3 is 2.51 bits per heavy atom. The zero-order valence-corrected chi connectivity index (χ0v) is 23.3. The second kappa shape index (κ2) is 13.7. The minimum Gasteiger partial charge on any atom is -0.453 e. The molecule has 2 atom stereocenters. The summed E-state index contributed by atoms with van der Waals surface area (Å²) >= 11 is 1.68. The van der Waals surface area contributed by atoms with E-state index >= 15 is 0 Å². The Kier molecular flexibility index (Phi) is 10.6. The monoisotopic (exact) mass is 528 g/mol. The molecule has 9 heteroatoms. The average molecular weight is 529 g/mol. The maximum atomic E-state index is 13.6. The van der Waals surface area contributed by atoms with Gasteiger partial charge >= 0.3 is 6.09 Å². The molecule has 0 saturated heterocycles. The largest absolute Gasteiger partial charge is 0.453 e. The van der Waals surface area contributed by atoms with Gasteiger partial charge in [0.25, 0.3) is 5.91 Å². The van der Waals surface area contributed by atoms with E-state index < -0.39 is 29.4 Å². The molecule has 1 aromatic carbocycles. The zero-order valence-electron chi connectivity index (χ0n) is 22.4. The average Bonchev–Trinajstić information content (AvgIpc) is 3.30. The number of hydrogen-bond acceptors (Lipinski definition) is 6. The summed E-state index contributed by atoms with van der Waals surface area (Å²) in [5.41, 5.74) is 0.438. The molecule has 0 unspecified atom stereocenters. The highest BCUT2D eigenvalue weighted by atomic mass is 32.2. The van der Waals surface area contributed by atoms with Crippen molar-refractivity contribution in [3.8, 4) is 0 Å². The first-order valence-electron chi connectivity index (χ1n) is 13.2. The number of Topliss-reactive ketones (excluding diaryl/α,β-unsaturated/α-hetero) is 1. The minimum absolute atomic E-state index is 0.322. The number of nitrogens with one attached hydrogen (secondary N) is 1. The van der Waals surface area contributed by atoms with Gasteiger partial charge in [-0.05, 0) is 51.0 Å². The fourth-order valence-corrected chi connectivity index (χ4v) is 5.89. The van der Waals surface area contributed by atoms with Gasteiger partial charge in [-0.2, -0.15) is 0 Å². The number of nitrogens with zero attached hydrogens (tertiary/aromatic N) is 3. The van der Waals surface area contributed by atoms with Crippen molar-refractivity contribution in [2.24, 2.45) is 7.05 Å². The molecule has 1 heterocycles. The Labute approximate surface area is 224 Å². The van der Waals surface area contributed by atoms with Gasteiger partial charge in [-0.1, -0.05) is 61.9 Å². The maximum Gasteiger partial charge on any atom is 0.410 e. The van der Waals surface area contributed by atoms with Gasteiger partial charge in [0.05, 0.1) is 13.2 Å². The van der Waals surface area contributed by atoms with E-state index in [9.17, 15) is 14.4 Å². The number of thioether (sulfide) groups is 1. The third-order valence-electron chi connectivity index (χ3n) is 7.28. The molecule has 2 aromatic rings. The number of rotatable bonds is 14. The summed E-state index contributed by atoms with van der Waals surface area (Å²) in [6.07, 6.45) is 9.37. The second-order valence-electron chi connectivity index (χ2n) is 9.82. The molecular weight excluding hydrogens is 488 g/mol. The normalized spacial score (nSPS) is 15.8. The van der Waals surface area contributed by atoms with Crippen LogP contribution in [0.4, 0.5) is 4.79 Å². The molecule has 0 spiro atoms. The van der Waals surface area contributed by atoms with E-state index in [2.05, 4.69) is 10.3 Å². The van der Waals surface area contributed by atoms with Crippen molar-refractivity contribution in [2.75, 3.05) is 12.9 Å². The predicted molar refractivity (Wildman–Crippen MR) is 145 cm³/mol. The molecule has 0 radical (unpaired) electrons. The van der Waals surface area contributed by atoms with Crippen LogP contribution in [0.25, 0.3) is 0 Å². The molecule has 0 aliphatic heterocycles. The van der Waals surface area contributed by atoms with Gasteiger partial charge < -0.3 is 14.6 Å². The van der Waals surface area contributed by atoms with Gasteiger partial charge in [-0.3, -0.25) is 14.5 Å². The molecule has 3 rings (SSSR count). The lowest BCUT2D eigenvalue weighted by Crippen LogP contribution is -2.63. The highest BCUT2D eigenvalue weighted by Crippen LogP contribution is 2.44. The zero-order chi connectivity index (χ0) is 26.8. The Morgan fingerprint density at radius 1 is 1.22 bits per heavy atom. The van der Waals surface area contributed by atoms with Crippen molar-refractivity contribution < 1.29 is 19.1 Å². The van der Waals surface area contributed by atoms with Gasteiger partial charge in [-0.15, -0.1) is 0 Å². The summed E-state index contributed by atoms with van der Waals surface area (Å²) in [7, 11) is 3.31. The first-order chi connectivity index (χ1) is 17.8. The van der Waals surface area contributed by atoms with Crippen LogP contribution in [-0.2, 0) is 21.4 Å². The fourth-order valence-electron chi connectivity index (χ4n) is 5.02. The first-order valence-corrected chi connectivity index (χ1v) is 14.2. The molecule has 202 valence electrons. The number of imidazole rings is 1. The van der Waals surface area contributed by atoms with E-state index in [1.54, 1.807) is 22.9 Å². The minimum atomic E-state index is -0.849. The number of methoxy groups -OCH3 is 1. The highest BCUT2D eigenvalue weighted by molar-refractivity contribution is 7.99. The van der Waals surface area contributed by atoms with E-state index in [0.29, 0.717) is 6.42 Å². The van der Waals surface area contributed by atoms with Crippen LogP contribution in [0.2, 0.25) is 0 Å². The predicted octanol–water partition coefficient (Wildman–Crippen LogP) is 5.29. The van der Waals surface area contributed by atoms with E-state index in [1.807, 2.05) is 62.0 Å². The van der Waals surface area contributed by atoms with Gasteiger partial charge in [0.1, 0.15) is 6.04 Å². The van der Waals surface area contributed by atoms with Crippen LogP contribution >= 0.6 is 11.8 Å². The number of carbonyl (C=O) groups is 3. The molecule has 1 aliphatic carbocycles. The van der Waals surface area contributed by atoms with E-state index in [1.165, 1.54) is 7.11 Å². The van der Waals surface area contributed by atoms with Crippen LogP contribution in [-0.4, -0.2) is 56.7 Å². The Morgan fingerprint density at radius 2 is 1.95 bits per heavy atom. The Balaban J connectivity index is 1.76. The number of unbranched alkanes of at least 4 members (excludes halogenated alkanes) is 1. The van der Waals surface area contributed by atoms with Crippen LogP contribution < -0.4 is 5.32 Å². The van der Waals surface area contributed by atoms with Gasteiger partial charge in [-0.25, -0.2) is 9.78 Å². The van der Waals surface area contributed by atoms with Crippen LogP contribution in [0.3, 0.4) is 0 Å². The molecule has 1 saturated carbocycles. The smallest absolute Gasteiger partial charge is 0.410 e. The molecule has 0 bridgehead atoms. The van der Waals surface area contributed by atoms with Crippen LogP contribution in [0, 0.1) is 0 Å². The van der Waals surface area contributed by atoms with Crippen LogP contribution in [0.5, 0.6) is 0 Å². The molecule has 8 nitrogen and oxygen atoms in total. The summed E-state index contributed by atoms with van der Waals surface area (Å²) in [6, 6.07) is 8.36. The van der Waals surface area contributed by atoms with Crippen LogP contribution in [0.15, 0.2) is 47.9 Å². The van der Waals surface area contributed by atoms with E-state index in [4.69, 9.17) is 4.74 Å². The number of carbonyl (C=O) groups excluding carboxylic acids is 3. The lowest BCUT2D eigenvalue weighted by Gasteiger charge is -2.52. The summed E-state index contributed by atoms with van der Waals surface area (Å²) in [4.78, 5) is 45.9. The van der Waals surface area contributed by atoms with Crippen molar-refractivity contribution in [3.05, 3.63) is 48.3 Å². The van der Waals surface area contributed by atoms with Gasteiger partial charge in [0.2, 0.25) is 5.78 Å². The number of aromatic nitrogens is 2. The number of hydrogen-bond donors (Lipinski definition) is 1. The van der Waals surface area contributed by atoms with Crippen molar-refractivity contribution in [1.82, 2.24) is 19.8 Å². The van der Waals surface area contributed by atoms with Crippen molar-refractivity contribution in [1.29, 1.82) is 0 Å². The topological polar surface area (TPSA) is 93.5 Å². The molecule has 1 fully saturated rings. The molecular formula is C28H40N4O4S. The summed E-state index contributed by atoms with van der Waals surface area (Å²) < 4.78 is 7.19. The van der Waals surface area contributed by atoms with Gasteiger partial charge in [0.15, 0.2) is 5.16 Å². The standard InChI is InChI=1S/C28H40N4O4S/c1-5-6-14-23(24(33)25(34)30-21(2)22-12-8-7-9-13-22)32(27(35)36-4)28(15-10-16-28)17-11-20-37-26-29-18-19-31(26)3/h7-9,12-13,18-19,21,23H,5-6,10-11,14-17,20H2,1-4H3,(H,30,34)/t21-,23+/m1/s1. The molecule has 1 aromatic heterocycles. The number of ether oxygens (including phenoxy) is 1. The van der Waals surface area contributed by atoms with Crippen molar-refractivity contribution in [3.63, 3.8) is 0 Å². The molecule has 1 N–H and O–H groups in total. The SMILES string of the molecule is CCCC[C@@H](C(=O)C(=O)N[C@H](C)c1ccccc1)N(C(=O)OC)C1(CCCSc2nccn2C)CCC1. The maximum absolute atomic E-state index is 13.6. The molecule has 2 amide bonds. The number of amides is 2. The third-order valence-corrected chi connectivity index (χ3v) is 8.42. The highest BCUT2D eigenvalue weighted by Gasteiger charge is 2.50. The number of benzene rings is 1. The first kappa shape index (κ1) is 28.8. The molecule has 37 heavy (non-hydrogen) atoms. The van der Waals surface area contributed by atoms with Crippen molar-refractivity contribution in [2.45, 2.75) is 88.0 Å². The molecule has 1 aliphatic rings. The lowest BCUT2D eigenvalue weighted by atomic mass is 9.71. The third kappa shape index (κ3) is 7.15. The summed E-state index contributed by atoms with van der Waals surface area (Å²) in [5.74, 6) is -0.383. The quantitative estimate of drug-likeness (QED) is 0.203. The van der Waals surface area contributed by atoms with Crippen molar-refractivity contribution >= 4 is 29.5 Å². The Bertz CT molecular complexity index is 1040. The number of ketones is 1. The number of aryl methyl sites for hydroxylation is 1.